The number of aromatic nitrogens is 3. The summed E-state index contributed by atoms with van der Waals surface area (Å²) in [6.45, 7) is 3.23. The molecule has 0 N–H and O–H groups in total. The van der Waals surface area contributed by atoms with Crippen LogP contribution in [0.25, 0.3) is 5.69 Å². The summed E-state index contributed by atoms with van der Waals surface area (Å²) in [4.78, 5) is 17.2. The predicted molar refractivity (Wildman–Crippen MR) is 123 cm³/mol. The van der Waals surface area contributed by atoms with E-state index < -0.39 is 0 Å². The highest BCUT2D eigenvalue weighted by Gasteiger charge is 2.33. The highest BCUT2D eigenvalue weighted by molar-refractivity contribution is 7.99. The Hall–Kier alpha value is -2.43. The summed E-state index contributed by atoms with van der Waals surface area (Å²) in [7, 11) is 0. The smallest absolute Gasteiger partial charge is 0.233 e. The number of anilines is 1. The number of carbonyl (C=O) groups is 1. The van der Waals surface area contributed by atoms with E-state index in [2.05, 4.69) is 26.5 Å². The fourth-order valence-corrected chi connectivity index (χ4v) is 5.25. The van der Waals surface area contributed by atoms with E-state index in [-0.39, 0.29) is 17.5 Å². The van der Waals surface area contributed by atoms with Crippen molar-refractivity contribution in [2.45, 2.75) is 30.6 Å². The van der Waals surface area contributed by atoms with Crippen molar-refractivity contribution in [1.82, 2.24) is 19.7 Å². The number of thiophene rings is 1. The number of morpholine rings is 1. The number of rotatable bonds is 8. The van der Waals surface area contributed by atoms with Crippen molar-refractivity contribution in [3.05, 3.63) is 52.5 Å². The predicted octanol–water partition coefficient (Wildman–Crippen LogP) is 3.59. The van der Waals surface area contributed by atoms with Crippen LogP contribution in [-0.4, -0.2) is 63.7 Å². The molecule has 0 atom stereocenters. The van der Waals surface area contributed by atoms with Crippen molar-refractivity contribution < 1.29 is 13.9 Å². The minimum absolute atomic E-state index is 0.0883. The number of amides is 1. The molecule has 2 aliphatic rings. The van der Waals surface area contributed by atoms with Gasteiger partial charge < -0.3 is 14.5 Å². The minimum atomic E-state index is -0.327. The lowest BCUT2D eigenvalue weighted by Crippen LogP contribution is -2.38. The fraction of sp³-hybridized carbons (Fsp3) is 0.409. The molecule has 168 valence electrons. The molecule has 1 saturated heterocycles. The lowest BCUT2D eigenvalue weighted by atomic mass is 10.3. The van der Waals surface area contributed by atoms with Crippen molar-refractivity contribution in [3.63, 3.8) is 0 Å². The zero-order valence-corrected chi connectivity index (χ0v) is 19.2. The van der Waals surface area contributed by atoms with Crippen LogP contribution in [0.1, 0.15) is 18.4 Å². The van der Waals surface area contributed by atoms with Gasteiger partial charge in [0, 0.05) is 25.7 Å². The summed E-state index contributed by atoms with van der Waals surface area (Å²) in [5.41, 5.74) is 1.81. The highest BCUT2D eigenvalue weighted by Crippen LogP contribution is 2.31. The summed E-state index contributed by atoms with van der Waals surface area (Å²) in [5, 5.41) is 13.5. The third-order valence-electron chi connectivity index (χ3n) is 5.54. The number of nitrogens with zero attached hydrogens (tertiary/aromatic N) is 5. The SMILES string of the molecule is O=C(CSc1nnc(N2CCOCC2)n1-c1cccc(F)c1)N(Cc1ccsc1)C1CC1. The maximum Gasteiger partial charge on any atom is 0.233 e. The Balaban J connectivity index is 1.37. The first-order valence-corrected chi connectivity index (χ1v) is 12.6. The van der Waals surface area contributed by atoms with E-state index in [0.29, 0.717) is 55.7 Å². The summed E-state index contributed by atoms with van der Waals surface area (Å²) >= 11 is 2.99. The maximum absolute atomic E-state index is 14.0. The van der Waals surface area contributed by atoms with Crippen LogP contribution >= 0.6 is 23.1 Å². The van der Waals surface area contributed by atoms with Crippen molar-refractivity contribution in [2.24, 2.45) is 0 Å². The van der Waals surface area contributed by atoms with Gasteiger partial charge in [0.2, 0.25) is 11.9 Å². The zero-order chi connectivity index (χ0) is 21.9. The molecule has 2 aromatic heterocycles. The van der Waals surface area contributed by atoms with Crippen LogP contribution in [0.15, 0.2) is 46.2 Å². The Bertz CT molecular complexity index is 1060. The number of carbonyl (C=O) groups excluding carboxylic acids is 1. The molecule has 1 aromatic carbocycles. The molecule has 3 aromatic rings. The fourth-order valence-electron chi connectivity index (χ4n) is 3.76. The zero-order valence-electron chi connectivity index (χ0n) is 17.5. The van der Waals surface area contributed by atoms with Gasteiger partial charge in [0.25, 0.3) is 0 Å². The van der Waals surface area contributed by atoms with Gasteiger partial charge in [0.15, 0.2) is 5.16 Å². The second-order valence-corrected chi connectivity index (χ2v) is 9.59. The monoisotopic (exact) mass is 473 g/mol. The number of ether oxygens (including phenoxy) is 1. The Kier molecular flexibility index (Phi) is 6.42. The third kappa shape index (κ3) is 4.82. The number of benzene rings is 1. The number of thioether (sulfide) groups is 1. The summed E-state index contributed by atoms with van der Waals surface area (Å²) in [6.07, 6.45) is 2.11. The summed E-state index contributed by atoms with van der Waals surface area (Å²) < 4.78 is 21.3. The van der Waals surface area contributed by atoms with Gasteiger partial charge >= 0.3 is 0 Å². The van der Waals surface area contributed by atoms with Crippen LogP contribution in [0.4, 0.5) is 10.3 Å². The second-order valence-electron chi connectivity index (χ2n) is 7.87. The van der Waals surface area contributed by atoms with Crippen LogP contribution in [0.2, 0.25) is 0 Å². The van der Waals surface area contributed by atoms with Crippen LogP contribution < -0.4 is 4.90 Å². The number of hydrogen-bond acceptors (Lipinski definition) is 7. The Morgan fingerprint density at radius 1 is 1.25 bits per heavy atom. The largest absolute Gasteiger partial charge is 0.378 e. The Labute approximate surface area is 194 Å². The molecule has 0 radical (unpaired) electrons. The Morgan fingerprint density at radius 3 is 2.81 bits per heavy atom. The lowest BCUT2D eigenvalue weighted by molar-refractivity contribution is -0.129. The molecule has 7 nitrogen and oxygen atoms in total. The molecule has 0 bridgehead atoms. The molecular weight excluding hydrogens is 449 g/mol. The van der Waals surface area contributed by atoms with E-state index in [9.17, 15) is 9.18 Å². The number of hydrogen-bond donors (Lipinski definition) is 0. The van der Waals surface area contributed by atoms with Gasteiger partial charge in [0.05, 0.1) is 24.7 Å². The quantitative estimate of drug-likeness (QED) is 0.466. The standard InChI is InChI=1S/C22H24FN5O2S2/c23-17-2-1-3-19(12-17)28-21(26-7-9-30-10-8-26)24-25-22(28)32-15-20(29)27(18-4-5-18)13-16-6-11-31-14-16/h1-3,6,11-12,14,18H,4-5,7-10,13,15H2. The van der Waals surface area contributed by atoms with Crippen molar-refractivity contribution in [2.75, 3.05) is 37.0 Å². The second kappa shape index (κ2) is 9.60. The molecule has 0 spiro atoms. The maximum atomic E-state index is 14.0. The third-order valence-corrected chi connectivity index (χ3v) is 7.19. The summed E-state index contributed by atoms with van der Waals surface area (Å²) in [5.74, 6) is 0.667. The van der Waals surface area contributed by atoms with Crippen molar-refractivity contribution >= 4 is 35.0 Å². The first kappa shape index (κ1) is 21.4. The van der Waals surface area contributed by atoms with Crippen LogP contribution in [0, 0.1) is 5.82 Å². The van der Waals surface area contributed by atoms with E-state index in [1.165, 1.54) is 23.9 Å². The molecule has 5 rings (SSSR count). The van der Waals surface area contributed by atoms with Crippen LogP contribution in [0.3, 0.4) is 0 Å². The van der Waals surface area contributed by atoms with E-state index in [0.717, 1.165) is 18.4 Å². The molecule has 3 heterocycles. The van der Waals surface area contributed by atoms with Gasteiger partial charge in [0.1, 0.15) is 5.82 Å². The molecule has 0 unspecified atom stereocenters. The molecule has 10 heteroatoms. The van der Waals surface area contributed by atoms with E-state index in [4.69, 9.17) is 4.74 Å². The lowest BCUT2D eigenvalue weighted by Gasteiger charge is -2.28. The minimum Gasteiger partial charge on any atom is -0.378 e. The average molecular weight is 474 g/mol. The Morgan fingerprint density at radius 2 is 2.09 bits per heavy atom. The normalized spacial score (nSPS) is 16.3. The van der Waals surface area contributed by atoms with E-state index >= 15 is 0 Å². The molecule has 1 aliphatic carbocycles. The number of halogens is 1. The van der Waals surface area contributed by atoms with Gasteiger partial charge in [-0.25, -0.2) is 4.39 Å². The highest BCUT2D eigenvalue weighted by atomic mass is 32.2. The molecule has 2 fully saturated rings. The van der Waals surface area contributed by atoms with Gasteiger partial charge in [-0.15, -0.1) is 10.2 Å². The molecule has 1 amide bonds. The molecule has 1 aliphatic heterocycles. The van der Waals surface area contributed by atoms with Crippen LogP contribution in [0.5, 0.6) is 0 Å². The van der Waals surface area contributed by atoms with E-state index in [1.54, 1.807) is 17.4 Å². The van der Waals surface area contributed by atoms with E-state index in [1.807, 2.05) is 20.9 Å². The van der Waals surface area contributed by atoms with Gasteiger partial charge in [-0.05, 0) is 53.4 Å². The molecular formula is C22H24FN5O2S2. The summed E-state index contributed by atoms with van der Waals surface area (Å²) in [6, 6.07) is 8.77. The van der Waals surface area contributed by atoms with Gasteiger partial charge in [-0.3, -0.25) is 9.36 Å². The first-order valence-electron chi connectivity index (χ1n) is 10.7. The van der Waals surface area contributed by atoms with Gasteiger partial charge in [-0.1, -0.05) is 17.8 Å². The average Bonchev–Trinajstić information content (AvgIpc) is 3.35. The molecule has 32 heavy (non-hydrogen) atoms. The van der Waals surface area contributed by atoms with Gasteiger partial charge in [-0.2, -0.15) is 11.3 Å². The topological polar surface area (TPSA) is 63.5 Å². The van der Waals surface area contributed by atoms with Crippen molar-refractivity contribution in [1.29, 1.82) is 0 Å². The van der Waals surface area contributed by atoms with Crippen molar-refractivity contribution in [3.8, 4) is 5.69 Å². The first-order chi connectivity index (χ1) is 15.7. The van der Waals surface area contributed by atoms with Crippen LogP contribution in [-0.2, 0) is 16.1 Å². The molecule has 1 saturated carbocycles.